The summed E-state index contributed by atoms with van der Waals surface area (Å²) in [4.78, 5) is 11.5. The number of ether oxygens (including phenoxy) is 1. The second-order valence-electron chi connectivity index (χ2n) is 4.29. The van der Waals surface area contributed by atoms with Gasteiger partial charge in [0, 0.05) is 28.9 Å². The quantitative estimate of drug-likeness (QED) is 0.837. The Morgan fingerprint density at radius 2 is 2.25 bits per heavy atom. The van der Waals surface area contributed by atoms with E-state index in [1.165, 1.54) is 12.1 Å². The molecule has 7 heteroatoms. The van der Waals surface area contributed by atoms with Crippen LogP contribution in [0.5, 0.6) is 5.75 Å². The van der Waals surface area contributed by atoms with Crippen molar-refractivity contribution in [3.63, 3.8) is 0 Å². The lowest BCUT2D eigenvalue weighted by Gasteiger charge is -2.11. The maximum Gasteiger partial charge on any atom is 0.223 e. The lowest BCUT2D eigenvalue weighted by molar-refractivity contribution is -0.121. The third kappa shape index (κ3) is 5.88. The summed E-state index contributed by atoms with van der Waals surface area (Å²) in [5, 5.41) is 2.74. The Labute approximate surface area is 125 Å². The lowest BCUT2D eigenvalue weighted by atomic mass is 10.3. The number of carbonyl (C=O) groups excluding carboxylic acids is 1. The van der Waals surface area contributed by atoms with Crippen LogP contribution in [0, 0.1) is 5.82 Å². The van der Waals surface area contributed by atoms with E-state index in [1.54, 1.807) is 13.2 Å². The Hall–Kier alpha value is -1.14. The Bertz CT molecular complexity index is 499. The predicted molar refractivity (Wildman–Crippen MR) is 78.1 cm³/mol. The standard InChI is InChI=1S/C13H17ClFNO3S/c1-9(20(2)18)8-16-13(17)5-6-19-12-4-3-10(15)7-11(12)14/h3-4,7,9H,5-6,8H2,1-2H3,(H,16,17)/t9-,20+/m0/s1. The monoisotopic (exact) mass is 321 g/mol. The summed E-state index contributed by atoms with van der Waals surface area (Å²) in [5.41, 5.74) is 0. The molecule has 1 aromatic carbocycles. The minimum absolute atomic E-state index is 0.0913. The predicted octanol–water partition coefficient (Wildman–Crippen LogP) is 2.13. The molecule has 0 saturated heterocycles. The first kappa shape index (κ1) is 16.9. The summed E-state index contributed by atoms with van der Waals surface area (Å²) in [6.07, 6.45) is 1.74. The fourth-order valence-electron chi connectivity index (χ4n) is 1.31. The zero-order valence-electron chi connectivity index (χ0n) is 11.3. The Balaban J connectivity index is 2.30. The molecule has 20 heavy (non-hydrogen) atoms. The van der Waals surface area contributed by atoms with Gasteiger partial charge in [-0.3, -0.25) is 9.00 Å². The van der Waals surface area contributed by atoms with E-state index in [0.717, 1.165) is 6.07 Å². The summed E-state index contributed by atoms with van der Waals surface area (Å²) < 4.78 is 29.2. The molecule has 0 bridgehead atoms. The van der Waals surface area contributed by atoms with Crippen molar-refractivity contribution in [3.05, 3.63) is 29.0 Å². The van der Waals surface area contributed by atoms with E-state index < -0.39 is 16.6 Å². The van der Waals surface area contributed by atoms with Crippen LogP contribution in [0.1, 0.15) is 13.3 Å². The molecule has 0 aromatic heterocycles. The highest BCUT2D eigenvalue weighted by Crippen LogP contribution is 2.24. The minimum atomic E-state index is -0.966. The molecule has 1 aromatic rings. The topological polar surface area (TPSA) is 55.4 Å². The maximum atomic E-state index is 12.8. The fourth-order valence-corrected chi connectivity index (χ4v) is 1.85. The van der Waals surface area contributed by atoms with Crippen molar-refractivity contribution in [2.75, 3.05) is 19.4 Å². The molecular formula is C13H17ClFNO3S. The van der Waals surface area contributed by atoms with Gasteiger partial charge in [-0.25, -0.2) is 4.39 Å². The number of rotatable bonds is 7. The Morgan fingerprint density at radius 3 is 2.85 bits per heavy atom. The maximum absolute atomic E-state index is 12.8. The highest BCUT2D eigenvalue weighted by Gasteiger charge is 2.09. The van der Waals surface area contributed by atoms with Crippen molar-refractivity contribution in [2.45, 2.75) is 18.6 Å². The molecule has 0 aliphatic heterocycles. The van der Waals surface area contributed by atoms with E-state index in [-0.39, 0.29) is 29.2 Å². The molecule has 0 aliphatic rings. The molecule has 1 amide bonds. The number of amides is 1. The SMILES string of the molecule is C[C@@H](CNC(=O)CCOc1ccc(F)cc1Cl)[S@@](C)=O. The number of halogens is 2. The van der Waals surface area contributed by atoms with Gasteiger partial charge in [0.1, 0.15) is 11.6 Å². The van der Waals surface area contributed by atoms with Crippen LogP contribution < -0.4 is 10.1 Å². The third-order valence-electron chi connectivity index (χ3n) is 2.63. The number of carbonyl (C=O) groups is 1. The molecule has 0 fully saturated rings. The summed E-state index contributed by atoms with van der Waals surface area (Å²) >= 11 is 5.78. The summed E-state index contributed by atoms with van der Waals surface area (Å²) in [6, 6.07) is 3.80. The first-order valence-corrected chi connectivity index (χ1v) is 8.07. The van der Waals surface area contributed by atoms with E-state index in [0.29, 0.717) is 12.3 Å². The molecular weight excluding hydrogens is 305 g/mol. The minimum Gasteiger partial charge on any atom is -0.491 e. The highest BCUT2D eigenvalue weighted by molar-refractivity contribution is 7.84. The van der Waals surface area contributed by atoms with Crippen molar-refractivity contribution in [2.24, 2.45) is 0 Å². The number of hydrogen-bond donors (Lipinski definition) is 1. The van der Waals surface area contributed by atoms with E-state index in [4.69, 9.17) is 16.3 Å². The van der Waals surface area contributed by atoms with Gasteiger partial charge in [0.2, 0.25) is 5.91 Å². The zero-order valence-corrected chi connectivity index (χ0v) is 12.9. The van der Waals surface area contributed by atoms with Gasteiger partial charge in [-0.2, -0.15) is 0 Å². The molecule has 0 saturated carbocycles. The first-order chi connectivity index (χ1) is 9.40. The number of nitrogens with one attached hydrogen (secondary N) is 1. The van der Waals surface area contributed by atoms with Gasteiger partial charge in [-0.15, -0.1) is 0 Å². The van der Waals surface area contributed by atoms with Crippen LogP contribution in [0.25, 0.3) is 0 Å². The van der Waals surface area contributed by atoms with Crippen molar-refractivity contribution in [1.82, 2.24) is 5.32 Å². The van der Waals surface area contributed by atoms with E-state index in [2.05, 4.69) is 5.32 Å². The van der Waals surface area contributed by atoms with Gasteiger partial charge < -0.3 is 10.1 Å². The second-order valence-corrected chi connectivity index (χ2v) is 6.50. The van der Waals surface area contributed by atoms with Crippen molar-refractivity contribution < 1.29 is 18.1 Å². The number of benzene rings is 1. The van der Waals surface area contributed by atoms with Crippen LogP contribution >= 0.6 is 11.6 Å². The largest absolute Gasteiger partial charge is 0.491 e. The average molecular weight is 322 g/mol. The van der Waals surface area contributed by atoms with Crippen LogP contribution in [0.3, 0.4) is 0 Å². The van der Waals surface area contributed by atoms with Gasteiger partial charge >= 0.3 is 0 Å². The van der Waals surface area contributed by atoms with Gasteiger partial charge in [0.25, 0.3) is 0 Å². The van der Waals surface area contributed by atoms with Crippen LogP contribution in [0.4, 0.5) is 4.39 Å². The van der Waals surface area contributed by atoms with Crippen LogP contribution in [0.2, 0.25) is 5.02 Å². The Morgan fingerprint density at radius 1 is 1.55 bits per heavy atom. The van der Waals surface area contributed by atoms with Gasteiger partial charge in [0.15, 0.2) is 0 Å². The lowest BCUT2D eigenvalue weighted by Crippen LogP contribution is -2.33. The van der Waals surface area contributed by atoms with Gasteiger partial charge in [0.05, 0.1) is 18.1 Å². The number of hydrogen-bond acceptors (Lipinski definition) is 3. The molecule has 0 unspecified atom stereocenters. The van der Waals surface area contributed by atoms with Crippen LogP contribution in [-0.4, -0.2) is 34.8 Å². The molecule has 0 heterocycles. The summed E-state index contributed by atoms with van der Waals surface area (Å²) in [6.45, 7) is 2.30. The van der Waals surface area contributed by atoms with E-state index >= 15 is 0 Å². The average Bonchev–Trinajstić information content (AvgIpc) is 2.38. The van der Waals surface area contributed by atoms with Crippen molar-refractivity contribution >= 4 is 28.3 Å². The van der Waals surface area contributed by atoms with E-state index in [1.807, 2.05) is 0 Å². The normalized spacial score (nSPS) is 13.6. The second kappa shape index (κ2) is 8.21. The van der Waals surface area contributed by atoms with E-state index in [9.17, 15) is 13.4 Å². The van der Waals surface area contributed by atoms with Gasteiger partial charge in [-0.1, -0.05) is 11.6 Å². The third-order valence-corrected chi connectivity index (χ3v) is 4.23. The zero-order chi connectivity index (χ0) is 15.1. The molecule has 4 nitrogen and oxygen atoms in total. The van der Waals surface area contributed by atoms with Crippen LogP contribution in [-0.2, 0) is 15.6 Å². The summed E-state index contributed by atoms with van der Waals surface area (Å²) in [5.74, 6) is -0.300. The highest BCUT2D eigenvalue weighted by atomic mass is 35.5. The Kier molecular flexibility index (Phi) is 6.95. The van der Waals surface area contributed by atoms with Crippen molar-refractivity contribution in [3.8, 4) is 5.75 Å². The molecule has 0 radical (unpaired) electrons. The summed E-state index contributed by atoms with van der Waals surface area (Å²) in [7, 11) is -0.966. The van der Waals surface area contributed by atoms with Crippen molar-refractivity contribution in [1.29, 1.82) is 0 Å². The van der Waals surface area contributed by atoms with Crippen LogP contribution in [0.15, 0.2) is 18.2 Å². The molecule has 0 spiro atoms. The molecule has 2 atom stereocenters. The molecule has 0 aliphatic carbocycles. The fraction of sp³-hybridized carbons (Fsp3) is 0.462. The molecule has 1 N–H and O–H groups in total. The molecule has 1 rings (SSSR count). The van der Waals surface area contributed by atoms with Gasteiger partial charge in [-0.05, 0) is 25.1 Å². The smallest absolute Gasteiger partial charge is 0.223 e. The molecule has 112 valence electrons. The first-order valence-electron chi connectivity index (χ1n) is 6.07.